The fourth-order valence-electron chi connectivity index (χ4n) is 1.75. The summed E-state index contributed by atoms with van der Waals surface area (Å²) in [6.45, 7) is 7.64. The fourth-order valence-corrected chi connectivity index (χ4v) is 1.89. The number of hydrogen-bond donors (Lipinski definition) is 0. The molecule has 0 spiro atoms. The van der Waals surface area contributed by atoms with Gasteiger partial charge in [0, 0.05) is 12.6 Å². The Morgan fingerprint density at radius 3 is 2.61 bits per heavy atom. The van der Waals surface area contributed by atoms with Crippen LogP contribution in [0.1, 0.15) is 33.6 Å². The first-order chi connectivity index (χ1) is 8.60. The van der Waals surface area contributed by atoms with Crippen LogP contribution in [0.4, 0.5) is 5.95 Å². The highest BCUT2D eigenvalue weighted by Gasteiger charge is 2.27. The highest BCUT2D eigenvalue weighted by Crippen LogP contribution is 2.31. The largest absolute Gasteiger partial charge is 0.464 e. The summed E-state index contributed by atoms with van der Waals surface area (Å²) in [4.78, 5) is 14.6. The van der Waals surface area contributed by atoms with E-state index in [1.807, 2.05) is 6.92 Å². The first kappa shape index (κ1) is 13.3. The van der Waals surface area contributed by atoms with E-state index in [0.717, 1.165) is 12.5 Å². The Balaban J connectivity index is 2.21. The lowest BCUT2D eigenvalue weighted by Gasteiger charge is -2.26. The number of halogens is 1. The molecule has 1 aliphatic carbocycles. The molecule has 1 aromatic rings. The Morgan fingerprint density at radius 1 is 1.33 bits per heavy atom. The van der Waals surface area contributed by atoms with Crippen LogP contribution in [0.5, 0.6) is 6.01 Å². The molecule has 1 fully saturated rings. The maximum atomic E-state index is 5.92. The zero-order valence-corrected chi connectivity index (χ0v) is 11.8. The van der Waals surface area contributed by atoms with Crippen LogP contribution in [0.2, 0.25) is 5.28 Å². The van der Waals surface area contributed by atoms with Crippen molar-refractivity contribution in [1.29, 1.82) is 0 Å². The van der Waals surface area contributed by atoms with Crippen molar-refractivity contribution >= 4 is 17.5 Å². The Bertz CT molecular complexity index is 409. The molecule has 6 heteroatoms. The molecule has 0 N–H and O–H groups in total. The second-order valence-corrected chi connectivity index (χ2v) is 5.15. The monoisotopic (exact) mass is 270 g/mol. The average molecular weight is 271 g/mol. The van der Waals surface area contributed by atoms with E-state index in [1.165, 1.54) is 12.8 Å². The van der Waals surface area contributed by atoms with Crippen molar-refractivity contribution < 1.29 is 4.74 Å². The molecule has 0 atom stereocenters. The van der Waals surface area contributed by atoms with E-state index in [-0.39, 0.29) is 5.28 Å². The predicted molar refractivity (Wildman–Crippen MR) is 71.2 cm³/mol. The van der Waals surface area contributed by atoms with Crippen LogP contribution in [-0.4, -0.2) is 34.1 Å². The van der Waals surface area contributed by atoms with Gasteiger partial charge in [0.15, 0.2) is 0 Å². The number of hydrogen-bond acceptors (Lipinski definition) is 5. The lowest BCUT2D eigenvalue weighted by atomic mass is 10.3. The molecule has 1 heterocycles. The van der Waals surface area contributed by atoms with Gasteiger partial charge in [-0.25, -0.2) is 0 Å². The molecular formula is C12H19ClN4O. The fraction of sp³-hybridized carbons (Fsp3) is 0.750. The van der Waals surface area contributed by atoms with Gasteiger partial charge in [0.2, 0.25) is 11.2 Å². The number of aromatic nitrogens is 3. The zero-order valence-electron chi connectivity index (χ0n) is 11.1. The van der Waals surface area contributed by atoms with E-state index < -0.39 is 0 Å². The molecule has 18 heavy (non-hydrogen) atoms. The van der Waals surface area contributed by atoms with E-state index in [1.54, 1.807) is 0 Å². The minimum absolute atomic E-state index is 0.185. The molecule has 0 unspecified atom stereocenters. The van der Waals surface area contributed by atoms with Crippen molar-refractivity contribution in [2.75, 3.05) is 18.1 Å². The first-order valence-corrected chi connectivity index (χ1v) is 6.79. The second kappa shape index (κ2) is 5.69. The third kappa shape index (κ3) is 3.45. The molecule has 0 aromatic carbocycles. The van der Waals surface area contributed by atoms with E-state index in [0.29, 0.717) is 24.6 Å². The van der Waals surface area contributed by atoms with Crippen molar-refractivity contribution in [2.24, 2.45) is 5.92 Å². The Hall–Kier alpha value is -1.10. The Morgan fingerprint density at radius 2 is 2.06 bits per heavy atom. The van der Waals surface area contributed by atoms with Gasteiger partial charge in [-0.05, 0) is 51.1 Å². The third-order valence-corrected chi connectivity index (χ3v) is 3.05. The molecule has 0 aliphatic heterocycles. The molecule has 100 valence electrons. The van der Waals surface area contributed by atoms with Gasteiger partial charge in [-0.2, -0.15) is 15.0 Å². The highest BCUT2D eigenvalue weighted by atomic mass is 35.5. The van der Waals surface area contributed by atoms with Crippen LogP contribution in [0.3, 0.4) is 0 Å². The lowest BCUT2D eigenvalue weighted by molar-refractivity contribution is 0.311. The molecule has 1 aromatic heterocycles. The van der Waals surface area contributed by atoms with Crippen LogP contribution in [0.15, 0.2) is 0 Å². The van der Waals surface area contributed by atoms with Gasteiger partial charge in [-0.3, -0.25) is 0 Å². The average Bonchev–Trinajstić information content (AvgIpc) is 3.08. The van der Waals surface area contributed by atoms with Crippen molar-refractivity contribution in [1.82, 2.24) is 15.0 Å². The predicted octanol–water partition coefficient (Wildman–Crippen LogP) is 2.55. The topological polar surface area (TPSA) is 51.1 Å². The molecule has 0 radical (unpaired) electrons. The van der Waals surface area contributed by atoms with Gasteiger partial charge in [0.25, 0.3) is 0 Å². The highest BCUT2D eigenvalue weighted by molar-refractivity contribution is 6.28. The lowest BCUT2D eigenvalue weighted by Crippen LogP contribution is -2.34. The second-order valence-electron chi connectivity index (χ2n) is 4.81. The Kier molecular flexibility index (Phi) is 4.22. The summed E-state index contributed by atoms with van der Waals surface area (Å²) in [5.74, 6) is 1.37. The maximum Gasteiger partial charge on any atom is 0.322 e. The maximum absolute atomic E-state index is 5.92. The molecule has 2 rings (SSSR count). The summed E-state index contributed by atoms with van der Waals surface area (Å²) >= 11 is 5.92. The van der Waals surface area contributed by atoms with E-state index in [4.69, 9.17) is 16.3 Å². The first-order valence-electron chi connectivity index (χ1n) is 6.41. The molecular weight excluding hydrogens is 252 g/mol. The van der Waals surface area contributed by atoms with Gasteiger partial charge >= 0.3 is 6.01 Å². The summed E-state index contributed by atoms with van der Waals surface area (Å²) in [7, 11) is 0. The normalized spacial score (nSPS) is 14.9. The smallest absolute Gasteiger partial charge is 0.322 e. The van der Waals surface area contributed by atoms with Crippen LogP contribution in [0, 0.1) is 5.92 Å². The van der Waals surface area contributed by atoms with Crippen molar-refractivity contribution in [3.05, 3.63) is 5.28 Å². The number of nitrogens with zero attached hydrogens (tertiary/aromatic N) is 4. The molecule has 1 saturated carbocycles. The third-order valence-electron chi connectivity index (χ3n) is 2.88. The number of rotatable bonds is 6. The van der Waals surface area contributed by atoms with Crippen molar-refractivity contribution in [3.8, 4) is 6.01 Å². The number of ether oxygens (including phenoxy) is 1. The summed E-state index contributed by atoms with van der Waals surface area (Å²) in [5.41, 5.74) is 0. The van der Waals surface area contributed by atoms with Gasteiger partial charge in [-0.1, -0.05) is 0 Å². The van der Waals surface area contributed by atoms with Crippen molar-refractivity contribution in [2.45, 2.75) is 39.7 Å². The van der Waals surface area contributed by atoms with E-state index >= 15 is 0 Å². The minimum Gasteiger partial charge on any atom is -0.464 e. The Labute approximate surface area is 113 Å². The zero-order chi connectivity index (χ0) is 13.1. The van der Waals surface area contributed by atoms with Gasteiger partial charge in [0.05, 0.1) is 6.61 Å². The van der Waals surface area contributed by atoms with Gasteiger partial charge in [-0.15, -0.1) is 0 Å². The van der Waals surface area contributed by atoms with E-state index in [2.05, 4.69) is 33.7 Å². The van der Waals surface area contributed by atoms with Crippen LogP contribution < -0.4 is 9.64 Å². The summed E-state index contributed by atoms with van der Waals surface area (Å²) in [5, 5.41) is 0.185. The van der Waals surface area contributed by atoms with E-state index in [9.17, 15) is 0 Å². The molecule has 0 amide bonds. The minimum atomic E-state index is 0.185. The van der Waals surface area contributed by atoms with Gasteiger partial charge < -0.3 is 9.64 Å². The quantitative estimate of drug-likeness (QED) is 0.795. The van der Waals surface area contributed by atoms with Gasteiger partial charge in [0.1, 0.15) is 0 Å². The summed E-state index contributed by atoms with van der Waals surface area (Å²) in [6, 6.07) is 0.632. The summed E-state index contributed by atoms with van der Waals surface area (Å²) < 4.78 is 5.30. The van der Waals surface area contributed by atoms with Crippen LogP contribution >= 0.6 is 11.6 Å². The molecule has 1 aliphatic rings. The van der Waals surface area contributed by atoms with Crippen LogP contribution in [-0.2, 0) is 0 Å². The molecule has 5 nitrogen and oxygen atoms in total. The SMILES string of the molecule is CCOc1nc(Cl)nc(N(CC2CC2)C(C)C)n1. The standard InChI is InChI=1S/C12H19ClN4O/c1-4-18-12-15-10(13)14-11(16-12)17(8(2)3)7-9-5-6-9/h8-9H,4-7H2,1-3H3. The summed E-state index contributed by atoms with van der Waals surface area (Å²) in [6.07, 6.45) is 2.58. The van der Waals surface area contributed by atoms with Crippen molar-refractivity contribution in [3.63, 3.8) is 0 Å². The number of anilines is 1. The molecule has 0 bridgehead atoms. The van der Waals surface area contributed by atoms with Crippen LogP contribution in [0.25, 0.3) is 0 Å². The molecule has 0 saturated heterocycles.